The van der Waals surface area contributed by atoms with Crippen molar-refractivity contribution in [1.29, 1.82) is 0 Å². The van der Waals surface area contributed by atoms with Crippen molar-refractivity contribution in [3.05, 3.63) is 33.3 Å². The number of piperidine rings is 1. The van der Waals surface area contributed by atoms with Crippen LogP contribution in [-0.2, 0) is 11.2 Å². The number of amides is 1. The van der Waals surface area contributed by atoms with E-state index in [0.29, 0.717) is 18.0 Å². The average molecular weight is 332 g/mol. The van der Waals surface area contributed by atoms with Crippen molar-refractivity contribution in [2.24, 2.45) is 5.73 Å². The van der Waals surface area contributed by atoms with Crippen molar-refractivity contribution in [2.45, 2.75) is 25.3 Å². The van der Waals surface area contributed by atoms with E-state index in [2.05, 4.69) is 15.9 Å². The van der Waals surface area contributed by atoms with Gasteiger partial charge in [0.05, 0.1) is 11.4 Å². The Kier molecular flexibility index (Phi) is 4.65. The van der Waals surface area contributed by atoms with Gasteiger partial charge in [-0.3, -0.25) is 4.79 Å². The van der Waals surface area contributed by atoms with Gasteiger partial charge in [-0.1, -0.05) is 17.7 Å². The molecule has 18 heavy (non-hydrogen) atoms. The van der Waals surface area contributed by atoms with Gasteiger partial charge in [0.2, 0.25) is 5.91 Å². The summed E-state index contributed by atoms with van der Waals surface area (Å²) in [5.74, 6) is 0.128. The van der Waals surface area contributed by atoms with Crippen LogP contribution in [0.1, 0.15) is 18.4 Å². The van der Waals surface area contributed by atoms with Crippen molar-refractivity contribution in [1.82, 2.24) is 4.90 Å². The molecule has 2 rings (SSSR count). The van der Waals surface area contributed by atoms with Crippen molar-refractivity contribution in [2.75, 3.05) is 13.1 Å². The van der Waals surface area contributed by atoms with E-state index in [0.717, 1.165) is 29.4 Å². The zero-order valence-electron chi connectivity index (χ0n) is 10.0. The van der Waals surface area contributed by atoms with E-state index in [1.807, 2.05) is 23.1 Å². The molecule has 1 heterocycles. The number of likely N-dealkylation sites (tertiary alicyclic amines) is 1. The van der Waals surface area contributed by atoms with Crippen LogP contribution in [0.5, 0.6) is 0 Å². The summed E-state index contributed by atoms with van der Waals surface area (Å²) in [6.07, 6.45) is 2.39. The third-order valence-electron chi connectivity index (χ3n) is 3.15. The predicted molar refractivity (Wildman–Crippen MR) is 76.6 cm³/mol. The van der Waals surface area contributed by atoms with E-state index in [9.17, 15) is 4.79 Å². The van der Waals surface area contributed by atoms with E-state index < -0.39 is 0 Å². The van der Waals surface area contributed by atoms with Gasteiger partial charge in [0, 0.05) is 23.6 Å². The Morgan fingerprint density at radius 2 is 2.33 bits per heavy atom. The summed E-state index contributed by atoms with van der Waals surface area (Å²) in [6, 6.07) is 5.73. The second-order valence-corrected chi connectivity index (χ2v) is 5.93. The Labute approximate surface area is 120 Å². The van der Waals surface area contributed by atoms with Gasteiger partial charge in [0.15, 0.2) is 0 Å². The molecule has 1 fully saturated rings. The van der Waals surface area contributed by atoms with Gasteiger partial charge >= 0.3 is 0 Å². The zero-order chi connectivity index (χ0) is 13.1. The number of nitrogens with zero attached hydrogens (tertiary/aromatic N) is 1. The standard InChI is InChI=1S/C13H16BrClN2O/c14-11-4-3-9(6-12(11)15)7-13(18)17-5-1-2-10(16)8-17/h3-4,6,10H,1-2,5,7-8,16H2/t10-/m0/s1. The van der Waals surface area contributed by atoms with Crippen LogP contribution in [-0.4, -0.2) is 29.9 Å². The highest BCUT2D eigenvalue weighted by atomic mass is 79.9. The molecule has 1 atom stereocenters. The van der Waals surface area contributed by atoms with Gasteiger partial charge < -0.3 is 10.6 Å². The summed E-state index contributed by atoms with van der Waals surface area (Å²) in [5, 5.41) is 0.635. The highest BCUT2D eigenvalue weighted by molar-refractivity contribution is 9.10. The van der Waals surface area contributed by atoms with Crippen LogP contribution in [0.4, 0.5) is 0 Å². The Bertz CT molecular complexity index is 453. The first-order valence-electron chi connectivity index (χ1n) is 6.03. The molecule has 1 aliphatic heterocycles. The first-order valence-corrected chi connectivity index (χ1v) is 7.20. The zero-order valence-corrected chi connectivity index (χ0v) is 12.4. The number of carbonyl (C=O) groups is 1. The summed E-state index contributed by atoms with van der Waals surface area (Å²) in [4.78, 5) is 14.0. The van der Waals surface area contributed by atoms with Crippen LogP contribution < -0.4 is 5.73 Å². The van der Waals surface area contributed by atoms with Crippen LogP contribution in [0.25, 0.3) is 0 Å². The number of benzene rings is 1. The van der Waals surface area contributed by atoms with E-state index in [1.165, 1.54) is 0 Å². The Morgan fingerprint density at radius 1 is 1.56 bits per heavy atom. The van der Waals surface area contributed by atoms with Crippen LogP contribution in [0.15, 0.2) is 22.7 Å². The first kappa shape index (κ1) is 13.8. The molecule has 3 nitrogen and oxygen atoms in total. The monoisotopic (exact) mass is 330 g/mol. The molecule has 1 aromatic carbocycles. The van der Waals surface area contributed by atoms with Crippen LogP contribution in [0.2, 0.25) is 5.02 Å². The maximum absolute atomic E-state index is 12.1. The minimum atomic E-state index is 0.121. The molecule has 2 N–H and O–H groups in total. The molecule has 0 saturated carbocycles. The SMILES string of the molecule is N[C@H]1CCCN(C(=O)Cc2ccc(Br)c(Cl)c2)C1. The molecule has 5 heteroatoms. The third kappa shape index (κ3) is 3.46. The minimum Gasteiger partial charge on any atom is -0.341 e. The number of nitrogens with two attached hydrogens (primary N) is 1. The Hall–Kier alpha value is -0.580. The van der Waals surface area contributed by atoms with Gasteiger partial charge in [-0.2, -0.15) is 0 Å². The molecule has 1 aliphatic rings. The lowest BCUT2D eigenvalue weighted by molar-refractivity contribution is -0.131. The lowest BCUT2D eigenvalue weighted by Crippen LogP contribution is -2.46. The largest absolute Gasteiger partial charge is 0.341 e. The van der Waals surface area contributed by atoms with Crippen molar-refractivity contribution < 1.29 is 4.79 Å². The van der Waals surface area contributed by atoms with Gasteiger partial charge in [0.1, 0.15) is 0 Å². The quantitative estimate of drug-likeness (QED) is 0.905. The molecule has 0 unspecified atom stereocenters. The van der Waals surface area contributed by atoms with Crippen LogP contribution in [0.3, 0.4) is 0 Å². The smallest absolute Gasteiger partial charge is 0.227 e. The fourth-order valence-corrected chi connectivity index (χ4v) is 2.62. The molecule has 1 aromatic rings. The van der Waals surface area contributed by atoms with Crippen LogP contribution in [0, 0.1) is 0 Å². The predicted octanol–water partition coefficient (Wildman–Crippen LogP) is 2.59. The highest BCUT2D eigenvalue weighted by Gasteiger charge is 2.21. The maximum atomic E-state index is 12.1. The van der Waals surface area contributed by atoms with Crippen LogP contribution >= 0.6 is 27.5 Å². The number of hydrogen-bond donors (Lipinski definition) is 1. The molecular formula is C13H16BrClN2O. The molecule has 0 aliphatic carbocycles. The van der Waals surface area contributed by atoms with E-state index in [-0.39, 0.29) is 11.9 Å². The summed E-state index contributed by atoms with van der Waals surface area (Å²) in [5.41, 5.74) is 6.82. The third-order valence-corrected chi connectivity index (χ3v) is 4.38. The summed E-state index contributed by atoms with van der Waals surface area (Å²) < 4.78 is 0.848. The van der Waals surface area contributed by atoms with E-state index in [1.54, 1.807) is 0 Å². The lowest BCUT2D eigenvalue weighted by atomic mass is 10.1. The molecule has 0 radical (unpaired) electrons. The van der Waals surface area contributed by atoms with Gasteiger partial charge in [-0.25, -0.2) is 0 Å². The van der Waals surface area contributed by atoms with Gasteiger partial charge in [-0.15, -0.1) is 0 Å². The van der Waals surface area contributed by atoms with Crippen molar-refractivity contribution in [3.63, 3.8) is 0 Å². The number of halogens is 2. The second kappa shape index (κ2) is 6.04. The normalized spacial score (nSPS) is 19.9. The molecule has 1 saturated heterocycles. The number of hydrogen-bond acceptors (Lipinski definition) is 2. The lowest BCUT2D eigenvalue weighted by Gasteiger charge is -2.30. The molecule has 0 bridgehead atoms. The summed E-state index contributed by atoms with van der Waals surface area (Å²) >= 11 is 9.35. The highest BCUT2D eigenvalue weighted by Crippen LogP contribution is 2.23. The van der Waals surface area contributed by atoms with Crippen molar-refractivity contribution >= 4 is 33.4 Å². The first-order chi connectivity index (χ1) is 8.56. The molecular weight excluding hydrogens is 316 g/mol. The topological polar surface area (TPSA) is 46.3 Å². The summed E-state index contributed by atoms with van der Waals surface area (Å²) in [7, 11) is 0. The Morgan fingerprint density at radius 3 is 3.00 bits per heavy atom. The number of rotatable bonds is 2. The maximum Gasteiger partial charge on any atom is 0.227 e. The number of carbonyl (C=O) groups excluding carboxylic acids is 1. The molecule has 0 spiro atoms. The average Bonchev–Trinajstić information content (AvgIpc) is 2.34. The molecule has 98 valence electrons. The van der Waals surface area contributed by atoms with Gasteiger partial charge in [-0.05, 0) is 46.5 Å². The van der Waals surface area contributed by atoms with E-state index in [4.69, 9.17) is 17.3 Å². The molecule has 0 aromatic heterocycles. The van der Waals surface area contributed by atoms with E-state index >= 15 is 0 Å². The fourth-order valence-electron chi connectivity index (χ4n) is 2.17. The summed E-state index contributed by atoms with van der Waals surface area (Å²) in [6.45, 7) is 1.49. The minimum absolute atomic E-state index is 0.121. The fraction of sp³-hybridized carbons (Fsp3) is 0.462. The Balaban J connectivity index is 2.00. The van der Waals surface area contributed by atoms with Crippen molar-refractivity contribution in [3.8, 4) is 0 Å². The second-order valence-electron chi connectivity index (χ2n) is 4.67. The van der Waals surface area contributed by atoms with Gasteiger partial charge in [0.25, 0.3) is 0 Å². The molecule has 1 amide bonds.